The molecule has 0 aromatic carbocycles. The monoisotopic (exact) mass is 280 g/mol. The maximum atomic E-state index is 2.54. The standard InChI is InChI=1S/C20H40/c1-6-11-17(5)19-12-9-8-10-13-20(19)18(7-2)15-14-16(3)4/h16-20H,6-15H2,1-5H3. The van der Waals surface area contributed by atoms with Crippen molar-refractivity contribution in [3.8, 4) is 0 Å². The maximum Gasteiger partial charge on any atom is -0.0355 e. The first-order valence-electron chi connectivity index (χ1n) is 9.60. The Morgan fingerprint density at radius 2 is 1.45 bits per heavy atom. The Morgan fingerprint density at radius 1 is 0.800 bits per heavy atom. The Morgan fingerprint density at radius 3 is 2.00 bits per heavy atom. The van der Waals surface area contributed by atoms with Crippen LogP contribution in [0.25, 0.3) is 0 Å². The first-order valence-corrected chi connectivity index (χ1v) is 9.60. The minimum atomic E-state index is 0.876. The summed E-state index contributed by atoms with van der Waals surface area (Å²) in [5.74, 6) is 4.88. The molecule has 0 spiro atoms. The van der Waals surface area contributed by atoms with Crippen LogP contribution in [-0.2, 0) is 0 Å². The molecule has 1 aliphatic carbocycles. The molecule has 0 heterocycles. The Bertz CT molecular complexity index is 230. The molecular weight excluding hydrogens is 240 g/mol. The van der Waals surface area contributed by atoms with Crippen molar-refractivity contribution in [2.75, 3.05) is 0 Å². The fourth-order valence-corrected chi connectivity index (χ4v) is 4.59. The molecule has 0 radical (unpaired) electrons. The number of hydrogen-bond acceptors (Lipinski definition) is 0. The van der Waals surface area contributed by atoms with E-state index in [-0.39, 0.29) is 0 Å². The average Bonchev–Trinajstić information content (AvgIpc) is 2.65. The first kappa shape index (κ1) is 18.1. The molecule has 120 valence electrons. The molecule has 0 aromatic heterocycles. The van der Waals surface area contributed by atoms with Gasteiger partial charge in [0.2, 0.25) is 0 Å². The molecule has 20 heavy (non-hydrogen) atoms. The summed E-state index contributed by atoms with van der Waals surface area (Å²) in [5.41, 5.74) is 0. The molecular formula is C20H40. The summed E-state index contributed by atoms with van der Waals surface area (Å²) >= 11 is 0. The van der Waals surface area contributed by atoms with Crippen molar-refractivity contribution in [1.29, 1.82) is 0 Å². The van der Waals surface area contributed by atoms with Crippen molar-refractivity contribution in [3.05, 3.63) is 0 Å². The van der Waals surface area contributed by atoms with Crippen molar-refractivity contribution in [1.82, 2.24) is 0 Å². The van der Waals surface area contributed by atoms with Gasteiger partial charge in [-0.25, -0.2) is 0 Å². The molecule has 1 saturated carbocycles. The van der Waals surface area contributed by atoms with Crippen LogP contribution >= 0.6 is 0 Å². The van der Waals surface area contributed by atoms with Crippen LogP contribution in [0, 0.1) is 29.6 Å². The van der Waals surface area contributed by atoms with Gasteiger partial charge >= 0.3 is 0 Å². The summed E-state index contributed by atoms with van der Waals surface area (Å²) in [7, 11) is 0. The SMILES string of the molecule is CCCC(C)C1CCCCCC1C(CC)CCC(C)C. The summed E-state index contributed by atoms with van der Waals surface area (Å²) in [6.45, 7) is 12.1. The zero-order chi connectivity index (χ0) is 15.0. The molecule has 1 rings (SSSR count). The van der Waals surface area contributed by atoms with Crippen molar-refractivity contribution in [2.24, 2.45) is 29.6 Å². The van der Waals surface area contributed by atoms with E-state index in [1.165, 1.54) is 64.2 Å². The third-order valence-corrected chi connectivity index (χ3v) is 5.84. The molecule has 0 aliphatic heterocycles. The Kier molecular flexibility index (Phi) is 8.89. The molecule has 1 fully saturated rings. The van der Waals surface area contributed by atoms with E-state index in [1.54, 1.807) is 0 Å². The van der Waals surface area contributed by atoms with E-state index in [0.717, 1.165) is 29.6 Å². The van der Waals surface area contributed by atoms with E-state index in [4.69, 9.17) is 0 Å². The molecule has 1 aliphatic rings. The number of hydrogen-bond donors (Lipinski definition) is 0. The van der Waals surface area contributed by atoms with E-state index in [9.17, 15) is 0 Å². The predicted octanol–water partition coefficient (Wildman–Crippen LogP) is 7.08. The zero-order valence-corrected chi connectivity index (χ0v) is 15.0. The van der Waals surface area contributed by atoms with Gasteiger partial charge in [-0.15, -0.1) is 0 Å². The molecule has 4 atom stereocenters. The molecule has 0 N–H and O–H groups in total. The largest absolute Gasteiger partial charge is 0.0654 e. The van der Waals surface area contributed by atoms with Crippen LogP contribution in [0.2, 0.25) is 0 Å². The van der Waals surface area contributed by atoms with Crippen LogP contribution in [0.1, 0.15) is 98.8 Å². The van der Waals surface area contributed by atoms with Crippen LogP contribution in [0.4, 0.5) is 0 Å². The lowest BCUT2D eigenvalue weighted by Crippen LogP contribution is -2.27. The highest BCUT2D eigenvalue weighted by molar-refractivity contribution is 4.82. The van der Waals surface area contributed by atoms with Crippen LogP contribution in [-0.4, -0.2) is 0 Å². The van der Waals surface area contributed by atoms with Crippen LogP contribution in [0.3, 0.4) is 0 Å². The normalized spacial score (nSPS) is 27.3. The van der Waals surface area contributed by atoms with Gasteiger partial charge in [0.1, 0.15) is 0 Å². The Labute approximate surface area is 129 Å². The molecule has 0 saturated heterocycles. The smallest absolute Gasteiger partial charge is 0.0355 e. The summed E-state index contributed by atoms with van der Waals surface area (Å²) in [5, 5.41) is 0. The van der Waals surface area contributed by atoms with Gasteiger partial charge < -0.3 is 0 Å². The molecule has 0 heteroatoms. The molecule has 0 amide bonds. The van der Waals surface area contributed by atoms with Gasteiger partial charge in [0.15, 0.2) is 0 Å². The van der Waals surface area contributed by atoms with Gasteiger partial charge in [0, 0.05) is 0 Å². The van der Waals surface area contributed by atoms with E-state index in [2.05, 4.69) is 34.6 Å². The lowest BCUT2D eigenvalue weighted by atomic mass is 9.69. The van der Waals surface area contributed by atoms with Gasteiger partial charge in [-0.1, -0.05) is 79.6 Å². The zero-order valence-electron chi connectivity index (χ0n) is 15.0. The van der Waals surface area contributed by atoms with E-state index >= 15 is 0 Å². The van der Waals surface area contributed by atoms with Gasteiger partial charge in [-0.2, -0.15) is 0 Å². The fraction of sp³-hybridized carbons (Fsp3) is 1.00. The summed E-state index contributed by atoms with van der Waals surface area (Å²) in [4.78, 5) is 0. The quantitative estimate of drug-likeness (QED) is 0.417. The lowest BCUT2D eigenvalue weighted by molar-refractivity contribution is 0.136. The van der Waals surface area contributed by atoms with Crippen molar-refractivity contribution in [2.45, 2.75) is 98.8 Å². The van der Waals surface area contributed by atoms with Crippen molar-refractivity contribution in [3.63, 3.8) is 0 Å². The summed E-state index contributed by atoms with van der Waals surface area (Å²) in [6, 6.07) is 0. The minimum Gasteiger partial charge on any atom is -0.0654 e. The lowest BCUT2D eigenvalue weighted by Gasteiger charge is -2.36. The molecule has 0 bridgehead atoms. The van der Waals surface area contributed by atoms with E-state index < -0.39 is 0 Å². The van der Waals surface area contributed by atoms with E-state index in [1.807, 2.05) is 0 Å². The molecule has 4 unspecified atom stereocenters. The second-order valence-electron chi connectivity index (χ2n) is 7.87. The summed E-state index contributed by atoms with van der Waals surface area (Å²) in [6.07, 6.45) is 14.7. The second kappa shape index (κ2) is 9.85. The van der Waals surface area contributed by atoms with Crippen LogP contribution < -0.4 is 0 Å². The highest BCUT2D eigenvalue weighted by atomic mass is 14.4. The average molecular weight is 281 g/mol. The number of rotatable bonds is 8. The minimum absolute atomic E-state index is 0.876. The van der Waals surface area contributed by atoms with Crippen molar-refractivity contribution < 1.29 is 0 Å². The first-order chi connectivity index (χ1) is 9.60. The van der Waals surface area contributed by atoms with Gasteiger partial charge in [-0.3, -0.25) is 0 Å². The maximum absolute atomic E-state index is 2.54. The molecule has 0 aromatic rings. The van der Waals surface area contributed by atoms with E-state index in [0.29, 0.717) is 0 Å². The third-order valence-electron chi connectivity index (χ3n) is 5.84. The fourth-order valence-electron chi connectivity index (χ4n) is 4.59. The summed E-state index contributed by atoms with van der Waals surface area (Å²) < 4.78 is 0. The third kappa shape index (κ3) is 5.78. The highest BCUT2D eigenvalue weighted by Crippen LogP contribution is 2.42. The van der Waals surface area contributed by atoms with Crippen molar-refractivity contribution >= 4 is 0 Å². The molecule has 0 nitrogen and oxygen atoms in total. The van der Waals surface area contributed by atoms with Gasteiger partial charge in [0.05, 0.1) is 0 Å². The predicted molar refractivity (Wildman–Crippen MR) is 92.0 cm³/mol. The van der Waals surface area contributed by atoms with Crippen LogP contribution in [0.15, 0.2) is 0 Å². The van der Waals surface area contributed by atoms with Crippen LogP contribution in [0.5, 0.6) is 0 Å². The Hall–Kier alpha value is 0. The van der Waals surface area contributed by atoms with Gasteiger partial charge in [-0.05, 0) is 48.9 Å². The second-order valence-corrected chi connectivity index (χ2v) is 7.87. The Balaban J connectivity index is 2.70. The topological polar surface area (TPSA) is 0 Å². The highest BCUT2D eigenvalue weighted by Gasteiger charge is 2.32. The van der Waals surface area contributed by atoms with Gasteiger partial charge in [0.25, 0.3) is 0 Å².